The third-order valence-electron chi connectivity index (χ3n) is 5.51. The zero-order valence-corrected chi connectivity index (χ0v) is 17.3. The zero-order chi connectivity index (χ0) is 21.4. The fourth-order valence-electron chi connectivity index (χ4n) is 3.90. The number of carbonyl (C=O) groups excluding carboxylic acids is 2. The van der Waals surface area contributed by atoms with E-state index in [1.165, 1.54) is 4.90 Å². The van der Waals surface area contributed by atoms with Gasteiger partial charge in [-0.05, 0) is 31.5 Å². The molecule has 0 unspecified atom stereocenters. The molecule has 2 aliphatic heterocycles. The molecule has 0 saturated heterocycles. The lowest BCUT2D eigenvalue weighted by atomic mass is 9.95. The molecule has 30 heavy (non-hydrogen) atoms. The Morgan fingerprint density at radius 2 is 1.90 bits per heavy atom. The highest BCUT2D eigenvalue weighted by atomic mass is 16.5. The van der Waals surface area contributed by atoms with Crippen LogP contribution in [-0.2, 0) is 16.1 Å². The van der Waals surface area contributed by atoms with Gasteiger partial charge in [0.1, 0.15) is 18.1 Å². The summed E-state index contributed by atoms with van der Waals surface area (Å²) in [5.74, 6) is 1.00. The van der Waals surface area contributed by atoms with Crippen LogP contribution in [0.1, 0.15) is 28.4 Å². The number of carbonyl (C=O) groups is 2. The van der Waals surface area contributed by atoms with Crippen LogP contribution in [-0.4, -0.2) is 42.7 Å². The predicted octanol–water partition coefficient (Wildman–Crippen LogP) is 2.79. The Kier molecular flexibility index (Phi) is 5.07. The highest BCUT2D eigenvalue weighted by Crippen LogP contribution is 2.36. The minimum absolute atomic E-state index is 0.0519. The molecule has 0 aliphatic carbocycles. The second kappa shape index (κ2) is 7.70. The molecule has 1 N–H and O–H groups in total. The highest BCUT2D eigenvalue weighted by Gasteiger charge is 2.42. The Morgan fingerprint density at radius 1 is 1.17 bits per heavy atom. The van der Waals surface area contributed by atoms with Crippen molar-refractivity contribution in [3.05, 3.63) is 64.1 Å². The number of rotatable bonds is 5. The van der Waals surface area contributed by atoms with Gasteiger partial charge in [0.25, 0.3) is 0 Å². The summed E-state index contributed by atoms with van der Waals surface area (Å²) < 4.78 is 16.0. The first kappa shape index (κ1) is 19.8. The van der Waals surface area contributed by atoms with Crippen LogP contribution < -0.4 is 14.8 Å². The molecule has 1 atom stereocenters. The average Bonchev–Trinajstić information content (AvgIpc) is 3.13. The highest BCUT2D eigenvalue weighted by molar-refractivity contribution is 5.97. The van der Waals surface area contributed by atoms with Crippen LogP contribution in [0.15, 0.2) is 41.7 Å². The third-order valence-corrected chi connectivity index (χ3v) is 5.51. The smallest absolute Gasteiger partial charge is 0.338 e. The van der Waals surface area contributed by atoms with Crippen molar-refractivity contribution in [2.75, 3.05) is 20.8 Å². The largest absolute Gasteiger partial charge is 0.497 e. The number of ether oxygens (including phenoxy) is 3. The van der Waals surface area contributed by atoms with Crippen LogP contribution in [0.2, 0.25) is 0 Å². The van der Waals surface area contributed by atoms with Crippen molar-refractivity contribution in [3.63, 3.8) is 0 Å². The maximum absolute atomic E-state index is 13.0. The van der Waals surface area contributed by atoms with Gasteiger partial charge in [-0.25, -0.2) is 9.59 Å². The number of esters is 1. The van der Waals surface area contributed by atoms with E-state index in [1.54, 1.807) is 32.5 Å². The van der Waals surface area contributed by atoms with Crippen molar-refractivity contribution in [3.8, 4) is 11.5 Å². The molecular formula is C22H23N3O5. The lowest BCUT2D eigenvalue weighted by Gasteiger charge is -2.33. The number of cyclic esters (lactones) is 1. The topological polar surface area (TPSA) is 90.0 Å². The molecule has 0 fully saturated rings. The maximum atomic E-state index is 13.0. The summed E-state index contributed by atoms with van der Waals surface area (Å²) in [6.45, 7) is 4.08. The molecule has 3 heterocycles. The number of pyridine rings is 1. The second-order valence-corrected chi connectivity index (χ2v) is 7.22. The average molecular weight is 409 g/mol. The molecule has 2 aliphatic rings. The van der Waals surface area contributed by atoms with Gasteiger partial charge >= 0.3 is 12.0 Å². The van der Waals surface area contributed by atoms with Crippen LogP contribution in [0.3, 0.4) is 0 Å². The minimum Gasteiger partial charge on any atom is -0.497 e. The number of methoxy groups -OCH3 is 2. The molecule has 0 saturated carbocycles. The molecule has 8 nitrogen and oxygen atoms in total. The number of benzene rings is 1. The van der Waals surface area contributed by atoms with E-state index < -0.39 is 12.0 Å². The summed E-state index contributed by atoms with van der Waals surface area (Å²) in [4.78, 5) is 31.5. The normalized spacial score (nSPS) is 18.1. The van der Waals surface area contributed by atoms with E-state index in [0.29, 0.717) is 22.7 Å². The minimum atomic E-state index is -0.578. The second-order valence-electron chi connectivity index (χ2n) is 7.22. The maximum Gasteiger partial charge on any atom is 0.338 e. The Balaban J connectivity index is 1.71. The Hall–Kier alpha value is -3.55. The molecule has 0 bridgehead atoms. The number of hydrogen-bond acceptors (Lipinski definition) is 6. The van der Waals surface area contributed by atoms with Gasteiger partial charge < -0.3 is 19.5 Å². The third kappa shape index (κ3) is 3.24. The number of amides is 2. The van der Waals surface area contributed by atoms with Crippen molar-refractivity contribution in [1.29, 1.82) is 0 Å². The van der Waals surface area contributed by atoms with Crippen molar-refractivity contribution in [2.45, 2.75) is 26.4 Å². The van der Waals surface area contributed by atoms with E-state index in [1.807, 2.05) is 26.0 Å². The monoisotopic (exact) mass is 409 g/mol. The van der Waals surface area contributed by atoms with Gasteiger partial charge in [0.05, 0.1) is 43.8 Å². The van der Waals surface area contributed by atoms with Gasteiger partial charge in [-0.2, -0.15) is 0 Å². The Bertz CT molecular complexity index is 1050. The molecule has 1 aromatic heterocycles. The first-order valence-corrected chi connectivity index (χ1v) is 9.55. The van der Waals surface area contributed by atoms with Gasteiger partial charge in [-0.1, -0.05) is 12.1 Å². The zero-order valence-electron chi connectivity index (χ0n) is 17.3. The van der Waals surface area contributed by atoms with E-state index >= 15 is 0 Å². The lowest BCUT2D eigenvalue weighted by molar-refractivity contribution is -0.136. The van der Waals surface area contributed by atoms with Gasteiger partial charge in [0, 0.05) is 17.3 Å². The fraction of sp³-hybridized carbons (Fsp3) is 0.318. The van der Waals surface area contributed by atoms with Crippen molar-refractivity contribution in [2.24, 2.45) is 0 Å². The Labute approximate surface area is 174 Å². The summed E-state index contributed by atoms with van der Waals surface area (Å²) in [6, 6.07) is 6.35. The summed E-state index contributed by atoms with van der Waals surface area (Å²) in [6.07, 6.45) is 1.72. The van der Waals surface area contributed by atoms with Gasteiger partial charge in [-0.3, -0.25) is 9.88 Å². The van der Waals surface area contributed by atoms with Crippen molar-refractivity contribution >= 4 is 12.0 Å². The van der Waals surface area contributed by atoms with Crippen LogP contribution in [0.4, 0.5) is 4.79 Å². The van der Waals surface area contributed by atoms with E-state index in [2.05, 4.69) is 10.3 Å². The standard InChI is InChI=1S/C22H23N3O5/c1-12-9-23-16(13(2)20(12)29-4)10-25-17-11-30-21(26)18(17)19(24-22(25)27)14-5-7-15(28-3)8-6-14/h5-9,19H,10-11H2,1-4H3,(H,24,27)/t19-/m1/s1. The number of nitrogens with one attached hydrogen (secondary N) is 1. The van der Waals surface area contributed by atoms with Crippen LogP contribution in [0.25, 0.3) is 0 Å². The SMILES string of the molecule is COc1ccc([C@H]2NC(=O)N(Cc3ncc(C)c(OC)c3C)C3=C2C(=O)OC3)cc1. The number of aryl methyl sites for hydroxylation is 1. The molecule has 8 heteroatoms. The number of nitrogens with zero attached hydrogens (tertiary/aromatic N) is 2. The first-order valence-electron chi connectivity index (χ1n) is 9.55. The number of urea groups is 1. The van der Waals surface area contributed by atoms with Gasteiger partial charge in [-0.15, -0.1) is 0 Å². The van der Waals surface area contributed by atoms with E-state index in [9.17, 15) is 9.59 Å². The van der Waals surface area contributed by atoms with E-state index in [4.69, 9.17) is 14.2 Å². The number of aromatic nitrogens is 1. The Morgan fingerprint density at radius 3 is 2.57 bits per heavy atom. The molecule has 0 radical (unpaired) electrons. The van der Waals surface area contributed by atoms with Crippen molar-refractivity contribution < 1.29 is 23.8 Å². The number of hydrogen-bond donors (Lipinski definition) is 1. The van der Waals surface area contributed by atoms with Crippen LogP contribution in [0.5, 0.6) is 11.5 Å². The van der Waals surface area contributed by atoms with Crippen molar-refractivity contribution in [1.82, 2.24) is 15.2 Å². The molecule has 156 valence electrons. The lowest BCUT2D eigenvalue weighted by Crippen LogP contribution is -2.47. The van der Waals surface area contributed by atoms with Crippen LogP contribution >= 0.6 is 0 Å². The predicted molar refractivity (Wildman–Crippen MR) is 108 cm³/mol. The summed E-state index contributed by atoms with van der Waals surface area (Å²) >= 11 is 0. The summed E-state index contributed by atoms with van der Waals surface area (Å²) in [5.41, 5.74) is 4.25. The molecular weight excluding hydrogens is 386 g/mol. The summed E-state index contributed by atoms with van der Waals surface area (Å²) in [5, 5.41) is 2.93. The van der Waals surface area contributed by atoms with Gasteiger partial charge in [0.15, 0.2) is 0 Å². The van der Waals surface area contributed by atoms with Gasteiger partial charge in [0.2, 0.25) is 0 Å². The fourth-order valence-corrected chi connectivity index (χ4v) is 3.90. The molecule has 0 spiro atoms. The quantitative estimate of drug-likeness (QED) is 0.764. The molecule has 1 aromatic carbocycles. The molecule has 4 rings (SSSR count). The van der Waals surface area contributed by atoms with Crippen LogP contribution in [0, 0.1) is 13.8 Å². The molecule has 2 aromatic rings. The first-order chi connectivity index (χ1) is 14.4. The summed E-state index contributed by atoms with van der Waals surface area (Å²) in [7, 11) is 3.19. The van der Waals surface area contributed by atoms with E-state index in [0.717, 1.165) is 22.4 Å². The van der Waals surface area contributed by atoms with E-state index in [-0.39, 0.29) is 19.2 Å². The molecule has 2 amide bonds.